The molecule has 0 radical (unpaired) electrons. The van der Waals surface area contributed by atoms with Crippen LogP contribution in [0.3, 0.4) is 0 Å². The van der Waals surface area contributed by atoms with Crippen molar-refractivity contribution >= 4 is 0 Å². The maximum absolute atomic E-state index is 5.62. The van der Waals surface area contributed by atoms with Gasteiger partial charge in [-0.15, -0.1) is 0 Å². The van der Waals surface area contributed by atoms with Crippen molar-refractivity contribution in [1.29, 1.82) is 0 Å². The van der Waals surface area contributed by atoms with Gasteiger partial charge in [-0.2, -0.15) is 0 Å². The lowest BCUT2D eigenvalue weighted by Crippen LogP contribution is -2.05. The third-order valence-corrected chi connectivity index (χ3v) is 3.25. The molecule has 1 saturated carbocycles. The Morgan fingerprint density at radius 1 is 1.44 bits per heavy atom. The summed E-state index contributed by atoms with van der Waals surface area (Å²) in [7, 11) is 0. The van der Waals surface area contributed by atoms with Gasteiger partial charge in [0.05, 0.1) is 6.61 Å². The van der Waals surface area contributed by atoms with Gasteiger partial charge in [0, 0.05) is 24.0 Å². The first-order chi connectivity index (χ1) is 7.74. The second-order valence-corrected chi connectivity index (χ2v) is 4.69. The van der Waals surface area contributed by atoms with E-state index in [1.807, 2.05) is 0 Å². The second-order valence-electron chi connectivity index (χ2n) is 4.69. The molecule has 0 aromatic carbocycles. The van der Waals surface area contributed by atoms with Gasteiger partial charge in [-0.05, 0) is 51.3 Å². The Morgan fingerprint density at radius 3 is 2.81 bits per heavy atom. The van der Waals surface area contributed by atoms with Gasteiger partial charge in [-0.3, -0.25) is 0 Å². The first-order valence-electron chi connectivity index (χ1n) is 6.19. The van der Waals surface area contributed by atoms with Crippen LogP contribution in [-0.2, 0) is 11.3 Å². The van der Waals surface area contributed by atoms with Crippen LogP contribution in [0.25, 0.3) is 0 Å². The van der Waals surface area contributed by atoms with Crippen molar-refractivity contribution < 1.29 is 4.74 Å². The number of ether oxygens (including phenoxy) is 1. The molecule has 1 fully saturated rings. The van der Waals surface area contributed by atoms with Crippen LogP contribution in [0.1, 0.15) is 42.3 Å². The van der Waals surface area contributed by atoms with Crippen LogP contribution >= 0.6 is 0 Å². The molecule has 16 heavy (non-hydrogen) atoms. The first kappa shape index (κ1) is 11.7. The van der Waals surface area contributed by atoms with Crippen LogP contribution in [0.2, 0.25) is 0 Å². The highest BCUT2D eigenvalue weighted by Crippen LogP contribution is 2.38. The molecule has 1 aliphatic rings. The Balaban J connectivity index is 1.96. The SMILES string of the molecule is Cc1cc(COCCCN)c(C)n1C1CC1. The van der Waals surface area contributed by atoms with Gasteiger partial charge in [0.2, 0.25) is 0 Å². The topological polar surface area (TPSA) is 40.2 Å². The lowest BCUT2D eigenvalue weighted by molar-refractivity contribution is 0.119. The largest absolute Gasteiger partial charge is 0.377 e. The van der Waals surface area contributed by atoms with E-state index in [1.54, 1.807) is 0 Å². The molecule has 3 heteroatoms. The van der Waals surface area contributed by atoms with E-state index in [2.05, 4.69) is 24.5 Å². The first-order valence-corrected chi connectivity index (χ1v) is 6.19. The molecule has 3 nitrogen and oxygen atoms in total. The molecule has 1 aromatic rings. The fourth-order valence-electron chi connectivity index (χ4n) is 2.25. The molecular formula is C13H22N2O. The monoisotopic (exact) mass is 222 g/mol. The van der Waals surface area contributed by atoms with Crippen LogP contribution in [0.5, 0.6) is 0 Å². The number of hydrogen-bond acceptors (Lipinski definition) is 2. The van der Waals surface area contributed by atoms with E-state index in [9.17, 15) is 0 Å². The van der Waals surface area contributed by atoms with E-state index < -0.39 is 0 Å². The quantitative estimate of drug-likeness (QED) is 0.750. The normalized spacial score (nSPS) is 15.7. The average Bonchev–Trinajstić information content (AvgIpc) is 3.03. The van der Waals surface area contributed by atoms with Crippen molar-refractivity contribution in [2.75, 3.05) is 13.2 Å². The van der Waals surface area contributed by atoms with Crippen molar-refractivity contribution in [2.45, 2.75) is 45.8 Å². The predicted molar refractivity (Wildman–Crippen MR) is 65.5 cm³/mol. The van der Waals surface area contributed by atoms with E-state index in [4.69, 9.17) is 10.5 Å². The summed E-state index contributed by atoms with van der Waals surface area (Å²) in [4.78, 5) is 0. The zero-order valence-corrected chi connectivity index (χ0v) is 10.3. The highest BCUT2D eigenvalue weighted by molar-refractivity contribution is 5.27. The molecule has 0 unspecified atom stereocenters. The maximum Gasteiger partial charge on any atom is 0.0734 e. The Labute approximate surface area is 97.6 Å². The van der Waals surface area contributed by atoms with Crippen LogP contribution in [0, 0.1) is 13.8 Å². The van der Waals surface area contributed by atoms with E-state index >= 15 is 0 Å². The zero-order valence-electron chi connectivity index (χ0n) is 10.3. The third-order valence-electron chi connectivity index (χ3n) is 3.25. The van der Waals surface area contributed by atoms with Crippen molar-refractivity contribution in [1.82, 2.24) is 4.57 Å². The molecule has 1 aromatic heterocycles. The molecule has 1 heterocycles. The van der Waals surface area contributed by atoms with E-state index in [1.165, 1.54) is 29.8 Å². The Bertz CT molecular complexity index is 353. The van der Waals surface area contributed by atoms with E-state index in [0.29, 0.717) is 6.54 Å². The maximum atomic E-state index is 5.62. The number of aromatic nitrogens is 1. The molecule has 90 valence electrons. The Kier molecular flexibility index (Phi) is 3.66. The summed E-state index contributed by atoms with van der Waals surface area (Å²) in [5, 5.41) is 0. The minimum atomic E-state index is 0.709. The molecule has 2 rings (SSSR count). The third kappa shape index (κ3) is 2.47. The van der Waals surface area contributed by atoms with Crippen LogP contribution < -0.4 is 5.73 Å². The lowest BCUT2D eigenvalue weighted by atomic mass is 10.2. The molecule has 1 aliphatic carbocycles. The number of rotatable bonds is 6. The van der Waals surface area contributed by atoms with Gasteiger partial charge in [0.15, 0.2) is 0 Å². The van der Waals surface area contributed by atoms with Crippen molar-refractivity contribution in [3.05, 3.63) is 23.0 Å². The standard InChI is InChI=1S/C13H22N2O/c1-10-8-12(9-16-7-3-6-14)11(2)15(10)13-4-5-13/h8,13H,3-7,9,14H2,1-2H3. The van der Waals surface area contributed by atoms with Crippen LogP contribution in [0.4, 0.5) is 0 Å². The fourth-order valence-corrected chi connectivity index (χ4v) is 2.25. The van der Waals surface area contributed by atoms with Gasteiger partial charge < -0.3 is 15.0 Å². The number of nitrogens with zero attached hydrogens (tertiary/aromatic N) is 1. The summed E-state index contributed by atoms with van der Waals surface area (Å²) in [6.45, 7) is 6.60. The minimum absolute atomic E-state index is 0.709. The smallest absolute Gasteiger partial charge is 0.0734 e. The Hall–Kier alpha value is -0.800. The predicted octanol–water partition coefficient (Wildman–Crippen LogP) is 2.31. The average molecular weight is 222 g/mol. The summed E-state index contributed by atoms with van der Waals surface area (Å²) in [6.07, 6.45) is 3.62. The van der Waals surface area contributed by atoms with Gasteiger partial charge >= 0.3 is 0 Å². The highest BCUT2D eigenvalue weighted by atomic mass is 16.5. The summed E-state index contributed by atoms with van der Waals surface area (Å²) >= 11 is 0. The molecule has 0 saturated heterocycles. The highest BCUT2D eigenvalue weighted by Gasteiger charge is 2.26. The molecule has 0 spiro atoms. The van der Waals surface area contributed by atoms with E-state index in [0.717, 1.165) is 25.7 Å². The molecule has 0 atom stereocenters. The summed E-state index contributed by atoms with van der Waals surface area (Å²) in [5.74, 6) is 0. The van der Waals surface area contributed by atoms with E-state index in [-0.39, 0.29) is 0 Å². The molecule has 0 amide bonds. The minimum Gasteiger partial charge on any atom is -0.377 e. The summed E-state index contributed by atoms with van der Waals surface area (Å²) < 4.78 is 8.08. The number of hydrogen-bond donors (Lipinski definition) is 1. The second kappa shape index (κ2) is 5.02. The lowest BCUT2D eigenvalue weighted by Gasteiger charge is -2.08. The molecule has 0 aliphatic heterocycles. The number of aryl methyl sites for hydroxylation is 1. The van der Waals surface area contributed by atoms with Crippen LogP contribution in [0.15, 0.2) is 6.07 Å². The summed E-state index contributed by atoms with van der Waals surface area (Å²) in [5.41, 5.74) is 9.52. The number of nitrogens with two attached hydrogens (primary N) is 1. The van der Waals surface area contributed by atoms with Gasteiger partial charge in [0.25, 0.3) is 0 Å². The van der Waals surface area contributed by atoms with Gasteiger partial charge in [0.1, 0.15) is 0 Å². The summed E-state index contributed by atoms with van der Waals surface area (Å²) in [6, 6.07) is 3.02. The molecular weight excluding hydrogens is 200 g/mol. The van der Waals surface area contributed by atoms with Crippen LogP contribution in [-0.4, -0.2) is 17.7 Å². The Morgan fingerprint density at radius 2 is 2.19 bits per heavy atom. The molecule has 0 bridgehead atoms. The zero-order chi connectivity index (χ0) is 11.5. The molecule has 2 N–H and O–H groups in total. The van der Waals surface area contributed by atoms with Crippen molar-refractivity contribution in [2.24, 2.45) is 5.73 Å². The van der Waals surface area contributed by atoms with Gasteiger partial charge in [-0.25, -0.2) is 0 Å². The van der Waals surface area contributed by atoms with Crippen molar-refractivity contribution in [3.63, 3.8) is 0 Å². The fraction of sp³-hybridized carbons (Fsp3) is 0.692. The van der Waals surface area contributed by atoms with Gasteiger partial charge in [-0.1, -0.05) is 0 Å². The van der Waals surface area contributed by atoms with Crippen molar-refractivity contribution in [3.8, 4) is 0 Å².